The molecule has 0 spiro atoms. The number of benzene rings is 2. The van der Waals surface area contributed by atoms with Crippen LogP contribution in [-0.2, 0) is 19.6 Å². The molecule has 2 heterocycles. The third-order valence-electron chi connectivity index (χ3n) is 4.81. The minimum absolute atomic E-state index is 0.0700. The van der Waals surface area contributed by atoms with Crippen LogP contribution in [0.25, 0.3) is 17.0 Å². The van der Waals surface area contributed by atoms with Gasteiger partial charge >= 0.3 is 6.03 Å². The van der Waals surface area contributed by atoms with Crippen LogP contribution in [0.4, 0.5) is 4.79 Å². The fourth-order valence-corrected chi connectivity index (χ4v) is 4.74. The summed E-state index contributed by atoms with van der Waals surface area (Å²) in [7, 11) is -3.92. The molecule has 0 radical (unpaired) electrons. The van der Waals surface area contributed by atoms with Crippen LogP contribution in [0.15, 0.2) is 83.9 Å². The molecule has 3 aromatic rings. The zero-order chi connectivity index (χ0) is 22.2. The first kappa shape index (κ1) is 20.3. The highest BCUT2D eigenvalue weighted by atomic mass is 32.2. The summed E-state index contributed by atoms with van der Waals surface area (Å²) in [5, 5.41) is 2.64. The van der Waals surface area contributed by atoms with E-state index in [9.17, 15) is 22.8 Å². The number of carbonyl (C=O) groups is 3. The van der Waals surface area contributed by atoms with Gasteiger partial charge in [-0.1, -0.05) is 42.5 Å². The van der Waals surface area contributed by atoms with Gasteiger partial charge in [-0.2, -0.15) is 0 Å². The second-order valence-corrected chi connectivity index (χ2v) is 8.55. The number of carbonyl (C=O) groups excluding carboxylic acids is 3. The van der Waals surface area contributed by atoms with Crippen LogP contribution < -0.4 is 5.32 Å². The van der Waals surface area contributed by atoms with Crippen molar-refractivity contribution in [3.8, 4) is 0 Å². The summed E-state index contributed by atoms with van der Waals surface area (Å²) in [5.74, 6) is -1.63. The Morgan fingerprint density at radius 1 is 0.968 bits per heavy atom. The second-order valence-electron chi connectivity index (χ2n) is 6.74. The Hall–Kier alpha value is -3.98. The Morgan fingerprint density at radius 2 is 1.65 bits per heavy atom. The SMILES string of the molecule is C=CCN1C(=O)NC(=O)/C(=C\c2cn(S(=O)(=O)c3ccccc3)c3ccccc23)C1=O. The van der Waals surface area contributed by atoms with Gasteiger partial charge in [-0.15, -0.1) is 6.58 Å². The quantitative estimate of drug-likeness (QED) is 0.377. The lowest BCUT2D eigenvalue weighted by Gasteiger charge is -2.25. The Kier molecular flexibility index (Phi) is 5.04. The summed E-state index contributed by atoms with van der Waals surface area (Å²) in [4.78, 5) is 37.9. The van der Waals surface area contributed by atoms with Crippen molar-refractivity contribution in [1.29, 1.82) is 0 Å². The van der Waals surface area contributed by atoms with Crippen LogP contribution in [0.2, 0.25) is 0 Å². The van der Waals surface area contributed by atoms with Crippen LogP contribution in [0.3, 0.4) is 0 Å². The van der Waals surface area contributed by atoms with Crippen molar-refractivity contribution in [2.45, 2.75) is 4.90 Å². The number of imide groups is 2. The summed E-state index contributed by atoms with van der Waals surface area (Å²) >= 11 is 0. The van der Waals surface area contributed by atoms with Gasteiger partial charge < -0.3 is 0 Å². The van der Waals surface area contributed by atoms with E-state index in [0.29, 0.717) is 16.5 Å². The van der Waals surface area contributed by atoms with Gasteiger partial charge in [0, 0.05) is 23.7 Å². The summed E-state index contributed by atoms with van der Waals surface area (Å²) in [6.45, 7) is 3.43. The van der Waals surface area contributed by atoms with Crippen molar-refractivity contribution in [1.82, 2.24) is 14.2 Å². The first-order valence-electron chi connectivity index (χ1n) is 9.25. The number of nitrogens with one attached hydrogen (secondary N) is 1. The normalized spacial score (nSPS) is 16.1. The molecule has 0 bridgehead atoms. The fourth-order valence-electron chi connectivity index (χ4n) is 3.34. The average Bonchev–Trinajstić information content (AvgIpc) is 3.14. The van der Waals surface area contributed by atoms with Crippen molar-refractivity contribution in [2.24, 2.45) is 0 Å². The summed E-state index contributed by atoms with van der Waals surface area (Å²) in [6.07, 6.45) is 4.01. The molecule has 156 valence electrons. The molecule has 1 fully saturated rings. The summed E-state index contributed by atoms with van der Waals surface area (Å²) in [6, 6.07) is 13.8. The first-order chi connectivity index (χ1) is 14.8. The van der Waals surface area contributed by atoms with E-state index in [0.717, 1.165) is 8.87 Å². The zero-order valence-electron chi connectivity index (χ0n) is 16.2. The molecule has 1 aliphatic heterocycles. The molecule has 9 heteroatoms. The number of barbiturate groups is 1. The van der Waals surface area contributed by atoms with Crippen LogP contribution in [0, 0.1) is 0 Å². The third kappa shape index (κ3) is 3.44. The Morgan fingerprint density at radius 3 is 2.35 bits per heavy atom. The summed E-state index contributed by atoms with van der Waals surface area (Å²) in [5.41, 5.74) is 0.462. The highest BCUT2D eigenvalue weighted by Gasteiger charge is 2.35. The monoisotopic (exact) mass is 435 g/mol. The fraction of sp³-hybridized carbons (Fsp3) is 0.0455. The number of rotatable bonds is 5. The van der Waals surface area contributed by atoms with Crippen LogP contribution in [0.5, 0.6) is 0 Å². The maximum absolute atomic E-state index is 13.2. The number of para-hydroxylation sites is 1. The van der Waals surface area contributed by atoms with E-state index in [-0.39, 0.29) is 17.0 Å². The molecule has 0 unspecified atom stereocenters. The Balaban J connectivity index is 1.88. The van der Waals surface area contributed by atoms with E-state index in [4.69, 9.17) is 0 Å². The van der Waals surface area contributed by atoms with E-state index < -0.39 is 27.9 Å². The third-order valence-corrected chi connectivity index (χ3v) is 6.49. The van der Waals surface area contributed by atoms with Gasteiger partial charge in [0.05, 0.1) is 10.4 Å². The molecule has 31 heavy (non-hydrogen) atoms. The van der Waals surface area contributed by atoms with Crippen molar-refractivity contribution >= 4 is 44.8 Å². The molecule has 1 saturated heterocycles. The number of amides is 4. The molecule has 0 aliphatic carbocycles. The van der Waals surface area contributed by atoms with E-state index >= 15 is 0 Å². The molecule has 4 rings (SSSR count). The molecule has 1 N–H and O–H groups in total. The lowest BCUT2D eigenvalue weighted by Crippen LogP contribution is -2.54. The minimum Gasteiger partial charge on any atom is -0.273 e. The zero-order valence-corrected chi connectivity index (χ0v) is 17.0. The molecule has 4 amide bonds. The molecule has 1 aromatic heterocycles. The highest BCUT2D eigenvalue weighted by molar-refractivity contribution is 7.90. The largest absolute Gasteiger partial charge is 0.331 e. The number of hydrogen-bond acceptors (Lipinski definition) is 5. The topological polar surface area (TPSA) is 106 Å². The number of urea groups is 1. The van der Waals surface area contributed by atoms with Crippen LogP contribution in [-0.4, -0.2) is 41.7 Å². The van der Waals surface area contributed by atoms with Crippen molar-refractivity contribution < 1.29 is 22.8 Å². The molecule has 2 aromatic carbocycles. The van der Waals surface area contributed by atoms with Gasteiger partial charge in [-0.25, -0.2) is 17.2 Å². The standard InChI is InChI=1S/C22H17N3O5S/c1-2-12-24-21(27)18(20(26)23-22(24)28)13-15-14-25(19-11-7-6-10-17(15)19)31(29,30)16-8-4-3-5-9-16/h2-11,13-14H,1,12H2,(H,23,26,28)/b18-13+. The van der Waals surface area contributed by atoms with Gasteiger partial charge in [0.1, 0.15) is 5.57 Å². The second kappa shape index (κ2) is 7.69. The first-order valence-corrected chi connectivity index (χ1v) is 10.7. The maximum atomic E-state index is 13.2. The smallest absolute Gasteiger partial charge is 0.273 e. The van der Waals surface area contributed by atoms with Gasteiger partial charge in [-0.3, -0.25) is 19.8 Å². The molecule has 1 aliphatic rings. The van der Waals surface area contributed by atoms with Gasteiger partial charge in [0.2, 0.25) is 0 Å². The lowest BCUT2D eigenvalue weighted by atomic mass is 10.1. The van der Waals surface area contributed by atoms with Gasteiger partial charge in [0.15, 0.2) is 0 Å². The van der Waals surface area contributed by atoms with Gasteiger partial charge in [-0.05, 0) is 24.3 Å². The number of aromatic nitrogens is 1. The van der Waals surface area contributed by atoms with E-state index in [1.807, 2.05) is 0 Å². The predicted octanol–water partition coefficient (Wildman–Crippen LogP) is 2.53. The van der Waals surface area contributed by atoms with Gasteiger partial charge in [0.25, 0.3) is 21.8 Å². The predicted molar refractivity (Wildman–Crippen MR) is 114 cm³/mol. The highest BCUT2D eigenvalue weighted by Crippen LogP contribution is 2.28. The van der Waals surface area contributed by atoms with E-state index in [2.05, 4.69) is 11.9 Å². The Bertz CT molecular complexity index is 1370. The van der Waals surface area contributed by atoms with Crippen LogP contribution >= 0.6 is 0 Å². The van der Waals surface area contributed by atoms with Crippen molar-refractivity contribution in [3.63, 3.8) is 0 Å². The number of nitrogens with zero attached hydrogens (tertiary/aromatic N) is 2. The molecule has 0 atom stereocenters. The van der Waals surface area contributed by atoms with E-state index in [1.165, 1.54) is 30.5 Å². The minimum atomic E-state index is -3.92. The van der Waals surface area contributed by atoms with E-state index in [1.54, 1.807) is 42.5 Å². The number of fused-ring (bicyclic) bond motifs is 1. The average molecular weight is 435 g/mol. The van der Waals surface area contributed by atoms with Crippen molar-refractivity contribution in [3.05, 3.63) is 84.6 Å². The lowest BCUT2D eigenvalue weighted by molar-refractivity contribution is -0.129. The molecular weight excluding hydrogens is 418 g/mol. The Labute approximate surface area is 178 Å². The molecule has 8 nitrogen and oxygen atoms in total. The summed E-state index contributed by atoms with van der Waals surface area (Å²) < 4.78 is 27.5. The molecule has 0 saturated carbocycles. The maximum Gasteiger partial charge on any atom is 0.331 e. The van der Waals surface area contributed by atoms with Crippen LogP contribution in [0.1, 0.15) is 5.56 Å². The van der Waals surface area contributed by atoms with Crippen molar-refractivity contribution in [2.75, 3.05) is 6.54 Å². The molecular formula is C22H17N3O5S. The number of hydrogen-bond donors (Lipinski definition) is 1.